The van der Waals surface area contributed by atoms with Crippen LogP contribution < -0.4 is 5.32 Å². The van der Waals surface area contributed by atoms with Crippen molar-refractivity contribution in [1.82, 2.24) is 14.6 Å². The molecule has 4 nitrogen and oxygen atoms in total. The Hall–Kier alpha value is -3.70. The molecule has 0 saturated carbocycles. The Kier molecular flexibility index (Phi) is 10.2. The number of benzene rings is 3. The van der Waals surface area contributed by atoms with Crippen LogP contribution in [0.1, 0.15) is 36.2 Å². The molecule has 0 atom stereocenters. The fraction of sp³-hybridized carbons (Fsp3) is 0.188. The van der Waals surface area contributed by atoms with E-state index in [1.54, 1.807) is 12.3 Å². The molecule has 190 valence electrons. The van der Waals surface area contributed by atoms with Crippen LogP contribution in [0.3, 0.4) is 0 Å². The highest BCUT2D eigenvalue weighted by Gasteiger charge is 2.10. The molecule has 0 radical (unpaired) electrons. The van der Waals surface area contributed by atoms with E-state index in [-0.39, 0.29) is 0 Å². The molecule has 0 aliphatic carbocycles. The van der Waals surface area contributed by atoms with Gasteiger partial charge in [0.05, 0.1) is 16.4 Å². The largest absolute Gasteiger partial charge is 0.356 e. The van der Waals surface area contributed by atoms with E-state index < -0.39 is 0 Å². The molecule has 5 aromatic rings. The van der Waals surface area contributed by atoms with Gasteiger partial charge < -0.3 is 5.32 Å². The molecular formula is C32H35BrN4. The van der Waals surface area contributed by atoms with Gasteiger partial charge >= 0.3 is 0 Å². The highest BCUT2D eigenvalue weighted by Crippen LogP contribution is 2.25. The summed E-state index contributed by atoms with van der Waals surface area (Å²) < 4.78 is 2.76. The number of aromatic nitrogens is 3. The van der Waals surface area contributed by atoms with Crippen LogP contribution in [0.2, 0.25) is 0 Å². The van der Waals surface area contributed by atoms with Gasteiger partial charge in [0, 0.05) is 22.6 Å². The first kappa shape index (κ1) is 27.9. The van der Waals surface area contributed by atoms with Crippen LogP contribution in [0.5, 0.6) is 0 Å². The second-order valence-electron chi connectivity index (χ2n) is 8.78. The number of rotatable bonds is 4. The average molecular weight is 556 g/mol. The maximum Gasteiger partial charge on any atom is 0.170 e. The third-order valence-electron chi connectivity index (χ3n) is 5.73. The van der Waals surface area contributed by atoms with Crippen LogP contribution >= 0.6 is 15.9 Å². The lowest BCUT2D eigenvalue weighted by Crippen LogP contribution is -1.98. The first-order chi connectivity index (χ1) is 17.9. The zero-order chi connectivity index (χ0) is 26.8. The van der Waals surface area contributed by atoms with Crippen molar-refractivity contribution in [2.45, 2.75) is 41.0 Å². The van der Waals surface area contributed by atoms with Crippen LogP contribution in [0.25, 0.3) is 16.9 Å². The third kappa shape index (κ3) is 7.64. The minimum atomic E-state index is 0.855. The number of nitrogens with one attached hydrogen (secondary N) is 1. The maximum atomic E-state index is 4.68. The first-order valence-corrected chi connectivity index (χ1v) is 13.2. The SMILES string of the molecule is C=CC.CCc1ccc(Nc2ccc(C)cc2)cc1.Cc1ccccc1-c1cc(C)n2ncc(Br)c2n1. The van der Waals surface area contributed by atoms with Gasteiger partial charge in [-0.1, -0.05) is 67.1 Å². The number of halogens is 1. The molecule has 37 heavy (non-hydrogen) atoms. The first-order valence-electron chi connectivity index (χ1n) is 12.4. The van der Waals surface area contributed by atoms with E-state index in [0.29, 0.717) is 0 Å². The van der Waals surface area contributed by atoms with Gasteiger partial charge in [-0.2, -0.15) is 5.10 Å². The highest BCUT2D eigenvalue weighted by atomic mass is 79.9. The van der Waals surface area contributed by atoms with E-state index in [1.165, 1.54) is 16.7 Å². The highest BCUT2D eigenvalue weighted by molar-refractivity contribution is 9.10. The molecule has 0 aliphatic rings. The smallest absolute Gasteiger partial charge is 0.170 e. The summed E-state index contributed by atoms with van der Waals surface area (Å²) in [6.07, 6.45) is 4.61. The molecule has 3 aromatic carbocycles. The molecule has 2 aromatic heterocycles. The van der Waals surface area contributed by atoms with E-state index in [0.717, 1.165) is 44.9 Å². The molecule has 0 saturated heterocycles. The van der Waals surface area contributed by atoms with Crippen LogP contribution in [0.15, 0.2) is 102 Å². The standard InChI is InChI=1S/C15H17N.C14H12BrN3.C3H6/c1-3-13-6-10-15(11-7-13)16-14-8-4-12(2)5-9-14;1-9-5-3-4-6-11(9)13-7-10(2)18-14(17-13)12(15)8-16-18;1-3-2/h4-11,16H,3H2,1-2H3;3-8H,1-2H3;3H,1H2,2H3. The van der Waals surface area contributed by atoms with E-state index in [4.69, 9.17) is 0 Å². The summed E-state index contributed by atoms with van der Waals surface area (Å²) in [5, 5.41) is 7.66. The Morgan fingerprint density at radius 1 is 0.919 bits per heavy atom. The third-order valence-corrected chi connectivity index (χ3v) is 6.29. The summed E-state index contributed by atoms with van der Waals surface area (Å²) in [6, 6.07) is 27.3. The zero-order valence-corrected chi connectivity index (χ0v) is 23.9. The number of fused-ring (bicyclic) bond motifs is 1. The Labute approximate surface area is 229 Å². The van der Waals surface area contributed by atoms with Gasteiger partial charge in [0.2, 0.25) is 0 Å². The van der Waals surface area contributed by atoms with Crippen molar-refractivity contribution in [3.63, 3.8) is 0 Å². The summed E-state index contributed by atoms with van der Waals surface area (Å²) in [4.78, 5) is 4.68. The Morgan fingerprint density at radius 3 is 2.11 bits per heavy atom. The molecule has 0 bridgehead atoms. The minimum Gasteiger partial charge on any atom is -0.356 e. The molecule has 5 heteroatoms. The molecular weight excluding hydrogens is 520 g/mol. The predicted molar refractivity (Wildman–Crippen MR) is 162 cm³/mol. The summed E-state index contributed by atoms with van der Waals surface area (Å²) in [5.41, 5.74) is 10.2. The zero-order valence-electron chi connectivity index (χ0n) is 22.3. The monoisotopic (exact) mass is 554 g/mol. The van der Waals surface area contributed by atoms with Gasteiger partial charge in [-0.05, 0) is 91.5 Å². The lowest BCUT2D eigenvalue weighted by molar-refractivity contribution is 0.896. The van der Waals surface area contributed by atoms with Crippen LogP contribution in [-0.4, -0.2) is 14.6 Å². The maximum absolute atomic E-state index is 4.68. The van der Waals surface area contributed by atoms with Gasteiger partial charge in [-0.25, -0.2) is 9.50 Å². The second kappa shape index (κ2) is 13.6. The van der Waals surface area contributed by atoms with E-state index >= 15 is 0 Å². The number of allylic oxidation sites excluding steroid dienone is 1. The van der Waals surface area contributed by atoms with E-state index in [9.17, 15) is 0 Å². The Bertz CT molecular complexity index is 1430. The van der Waals surface area contributed by atoms with Crippen LogP contribution in [0.4, 0.5) is 11.4 Å². The summed E-state index contributed by atoms with van der Waals surface area (Å²) in [6.45, 7) is 13.7. The molecule has 0 spiro atoms. The number of aryl methyl sites for hydroxylation is 4. The van der Waals surface area contributed by atoms with E-state index in [2.05, 4.69) is 125 Å². The average Bonchev–Trinajstić information content (AvgIpc) is 3.28. The summed E-state index contributed by atoms with van der Waals surface area (Å²) >= 11 is 3.48. The van der Waals surface area contributed by atoms with Crippen molar-refractivity contribution >= 4 is 33.0 Å². The van der Waals surface area contributed by atoms with Crippen molar-refractivity contribution in [2.75, 3.05) is 5.32 Å². The van der Waals surface area contributed by atoms with Crippen LogP contribution in [-0.2, 0) is 6.42 Å². The summed E-state index contributed by atoms with van der Waals surface area (Å²) in [7, 11) is 0. The van der Waals surface area contributed by atoms with Gasteiger partial charge in [-0.15, -0.1) is 6.58 Å². The molecule has 1 N–H and O–H groups in total. The fourth-order valence-electron chi connectivity index (χ4n) is 3.71. The van der Waals surface area contributed by atoms with Crippen molar-refractivity contribution in [3.05, 3.63) is 125 Å². The number of nitrogens with zero attached hydrogens (tertiary/aromatic N) is 3. The lowest BCUT2D eigenvalue weighted by Gasteiger charge is -2.07. The van der Waals surface area contributed by atoms with E-state index in [1.807, 2.05) is 30.5 Å². The Balaban J connectivity index is 0.000000187. The second-order valence-corrected chi connectivity index (χ2v) is 9.63. The molecule has 2 heterocycles. The summed E-state index contributed by atoms with van der Waals surface area (Å²) in [5.74, 6) is 0. The topological polar surface area (TPSA) is 42.2 Å². The van der Waals surface area contributed by atoms with Gasteiger partial charge in [0.1, 0.15) is 0 Å². The van der Waals surface area contributed by atoms with Gasteiger partial charge in [0.15, 0.2) is 5.65 Å². The van der Waals surface area contributed by atoms with Gasteiger partial charge in [-0.3, -0.25) is 0 Å². The molecule has 0 amide bonds. The normalized spacial score (nSPS) is 10.1. The molecule has 0 unspecified atom stereocenters. The van der Waals surface area contributed by atoms with Crippen LogP contribution in [0, 0.1) is 20.8 Å². The van der Waals surface area contributed by atoms with Crippen molar-refractivity contribution in [3.8, 4) is 11.3 Å². The van der Waals surface area contributed by atoms with Crippen molar-refractivity contribution < 1.29 is 0 Å². The van der Waals surface area contributed by atoms with Crippen molar-refractivity contribution in [2.24, 2.45) is 0 Å². The minimum absolute atomic E-state index is 0.855. The van der Waals surface area contributed by atoms with Gasteiger partial charge in [0.25, 0.3) is 0 Å². The lowest BCUT2D eigenvalue weighted by atomic mass is 10.1. The Morgan fingerprint density at radius 2 is 1.51 bits per heavy atom. The molecule has 0 aliphatic heterocycles. The number of anilines is 2. The quantitative estimate of drug-likeness (QED) is 0.225. The van der Waals surface area contributed by atoms with Crippen molar-refractivity contribution in [1.29, 1.82) is 0 Å². The number of hydrogen-bond donors (Lipinski definition) is 1. The predicted octanol–water partition coefficient (Wildman–Crippen LogP) is 9.27. The molecule has 0 fully saturated rings. The fourth-order valence-corrected chi connectivity index (χ4v) is 4.06. The molecule has 5 rings (SSSR count). The number of hydrogen-bond acceptors (Lipinski definition) is 3.